The summed E-state index contributed by atoms with van der Waals surface area (Å²) in [4.78, 5) is 1.36. The van der Waals surface area contributed by atoms with Crippen molar-refractivity contribution in [1.82, 2.24) is 14.9 Å². The summed E-state index contributed by atoms with van der Waals surface area (Å²) in [5.41, 5.74) is 1.18. The van der Waals surface area contributed by atoms with Gasteiger partial charge in [-0.1, -0.05) is 70.2 Å². The number of hydrogen-bond acceptors (Lipinski definition) is 4. The Morgan fingerprint density at radius 1 is 1.00 bits per heavy atom. The van der Waals surface area contributed by atoms with Gasteiger partial charge in [-0.3, -0.25) is 0 Å². The van der Waals surface area contributed by atoms with Crippen LogP contribution in [0.2, 0.25) is 0 Å². The first-order chi connectivity index (χ1) is 9.83. The maximum atomic E-state index is 4.24. The third-order valence-electron chi connectivity index (χ3n) is 3.78. The molecule has 0 aliphatic rings. The first-order valence-corrected chi connectivity index (χ1v) is 9.15. The van der Waals surface area contributed by atoms with Gasteiger partial charge in [-0.15, -0.1) is 5.10 Å². The summed E-state index contributed by atoms with van der Waals surface area (Å²) in [6.07, 6.45) is 11.8. The van der Waals surface area contributed by atoms with Crippen molar-refractivity contribution in [3.63, 3.8) is 0 Å². The molecule has 20 heavy (non-hydrogen) atoms. The first kappa shape index (κ1) is 17.6. The maximum absolute atomic E-state index is 4.24. The number of aromatic nitrogens is 2. The molecule has 0 amide bonds. The van der Waals surface area contributed by atoms with Crippen molar-refractivity contribution >= 4 is 11.5 Å². The van der Waals surface area contributed by atoms with E-state index < -0.39 is 0 Å². The molecule has 1 N–H and O–H groups in total. The minimum atomic E-state index is 0.464. The zero-order valence-corrected chi connectivity index (χ0v) is 14.3. The van der Waals surface area contributed by atoms with Crippen LogP contribution in [-0.4, -0.2) is 16.1 Å². The maximum Gasteiger partial charge on any atom is 0.0800 e. The molecular formula is C16H31N3S. The highest BCUT2D eigenvalue weighted by Crippen LogP contribution is 2.26. The molecule has 1 rings (SSSR count). The van der Waals surface area contributed by atoms with Crippen LogP contribution in [-0.2, 0) is 6.42 Å². The molecular weight excluding hydrogens is 266 g/mol. The Hall–Kier alpha value is -0.480. The average molecular weight is 298 g/mol. The Kier molecular flexibility index (Phi) is 9.85. The molecule has 0 saturated heterocycles. The summed E-state index contributed by atoms with van der Waals surface area (Å²) in [7, 11) is 0. The second-order valence-electron chi connectivity index (χ2n) is 5.46. The van der Waals surface area contributed by atoms with E-state index in [9.17, 15) is 0 Å². The Bertz CT molecular complexity index is 338. The third-order valence-corrected chi connectivity index (χ3v) is 4.66. The Morgan fingerprint density at radius 3 is 2.35 bits per heavy atom. The van der Waals surface area contributed by atoms with Gasteiger partial charge in [0.05, 0.1) is 10.6 Å². The fourth-order valence-corrected chi connectivity index (χ4v) is 3.45. The van der Waals surface area contributed by atoms with Crippen molar-refractivity contribution in [3.8, 4) is 0 Å². The number of unbranched alkanes of at least 4 members (excludes halogenated alkanes) is 6. The van der Waals surface area contributed by atoms with Crippen molar-refractivity contribution in [2.24, 2.45) is 0 Å². The fourth-order valence-electron chi connectivity index (χ4n) is 2.60. The molecule has 0 spiro atoms. The second-order valence-corrected chi connectivity index (χ2v) is 6.24. The van der Waals surface area contributed by atoms with Crippen molar-refractivity contribution in [3.05, 3.63) is 10.6 Å². The third kappa shape index (κ3) is 6.31. The second kappa shape index (κ2) is 11.2. The molecule has 1 aromatic rings. The van der Waals surface area contributed by atoms with Gasteiger partial charge in [0.15, 0.2) is 0 Å². The van der Waals surface area contributed by atoms with Crippen LogP contribution in [0, 0.1) is 0 Å². The largest absolute Gasteiger partial charge is 0.309 e. The number of nitrogens with one attached hydrogen (secondary N) is 1. The molecule has 0 radical (unpaired) electrons. The smallest absolute Gasteiger partial charge is 0.0800 e. The Labute approximate surface area is 128 Å². The quantitative estimate of drug-likeness (QED) is 0.558. The summed E-state index contributed by atoms with van der Waals surface area (Å²) in [5.74, 6) is 0. The van der Waals surface area contributed by atoms with E-state index >= 15 is 0 Å². The molecule has 3 nitrogen and oxygen atoms in total. The van der Waals surface area contributed by atoms with Crippen molar-refractivity contribution in [1.29, 1.82) is 0 Å². The van der Waals surface area contributed by atoms with Gasteiger partial charge in [-0.25, -0.2) is 0 Å². The van der Waals surface area contributed by atoms with Gasteiger partial charge >= 0.3 is 0 Å². The van der Waals surface area contributed by atoms with E-state index in [1.54, 1.807) is 11.5 Å². The molecule has 0 bridgehead atoms. The number of rotatable bonds is 12. The summed E-state index contributed by atoms with van der Waals surface area (Å²) in [5, 5.41) is 7.85. The monoisotopic (exact) mass is 297 g/mol. The van der Waals surface area contributed by atoms with Gasteiger partial charge in [0.2, 0.25) is 0 Å². The van der Waals surface area contributed by atoms with E-state index in [1.807, 2.05) is 0 Å². The molecule has 116 valence electrons. The van der Waals surface area contributed by atoms with E-state index in [1.165, 1.54) is 61.9 Å². The van der Waals surface area contributed by atoms with Gasteiger partial charge in [-0.05, 0) is 30.9 Å². The summed E-state index contributed by atoms with van der Waals surface area (Å²) < 4.78 is 4.13. The van der Waals surface area contributed by atoms with Crippen LogP contribution in [0.4, 0.5) is 0 Å². The molecule has 0 aliphatic carbocycles. The summed E-state index contributed by atoms with van der Waals surface area (Å²) in [6, 6.07) is 0.464. The summed E-state index contributed by atoms with van der Waals surface area (Å²) in [6.45, 7) is 7.63. The van der Waals surface area contributed by atoms with Crippen molar-refractivity contribution in [2.45, 2.75) is 84.6 Å². The van der Waals surface area contributed by atoms with E-state index in [0.29, 0.717) is 6.04 Å². The zero-order valence-electron chi connectivity index (χ0n) is 13.5. The molecule has 1 heterocycles. The minimum Gasteiger partial charge on any atom is -0.309 e. The van der Waals surface area contributed by atoms with Crippen LogP contribution in [0.1, 0.15) is 88.8 Å². The van der Waals surface area contributed by atoms with E-state index in [-0.39, 0.29) is 0 Å². The van der Waals surface area contributed by atoms with Crippen molar-refractivity contribution < 1.29 is 0 Å². The lowest BCUT2D eigenvalue weighted by Gasteiger charge is -2.16. The molecule has 1 atom stereocenters. The van der Waals surface area contributed by atoms with Crippen LogP contribution < -0.4 is 5.32 Å². The zero-order chi connectivity index (χ0) is 14.6. The molecule has 0 fully saturated rings. The number of nitrogens with zero attached hydrogens (tertiary/aromatic N) is 2. The molecule has 1 aromatic heterocycles. The molecule has 4 heteroatoms. The lowest BCUT2D eigenvalue weighted by Crippen LogP contribution is -2.21. The highest BCUT2D eigenvalue weighted by atomic mass is 32.1. The lowest BCUT2D eigenvalue weighted by atomic mass is 10.0. The summed E-state index contributed by atoms with van der Waals surface area (Å²) >= 11 is 1.57. The molecule has 1 unspecified atom stereocenters. The standard InChI is InChI=1S/C16H31N3S/c1-4-7-8-9-10-11-12-13-15(17-6-3)16-14(5-2)18-19-20-16/h15,17H,4-13H2,1-3H3. The Morgan fingerprint density at radius 2 is 1.70 bits per heavy atom. The van der Waals surface area contributed by atoms with Crippen LogP contribution >= 0.6 is 11.5 Å². The highest BCUT2D eigenvalue weighted by molar-refractivity contribution is 7.05. The van der Waals surface area contributed by atoms with Crippen LogP contribution in [0.25, 0.3) is 0 Å². The topological polar surface area (TPSA) is 37.8 Å². The van der Waals surface area contributed by atoms with Gasteiger partial charge in [-0.2, -0.15) is 0 Å². The van der Waals surface area contributed by atoms with E-state index in [4.69, 9.17) is 0 Å². The van der Waals surface area contributed by atoms with Crippen molar-refractivity contribution in [2.75, 3.05) is 6.54 Å². The van der Waals surface area contributed by atoms with Gasteiger partial charge in [0.25, 0.3) is 0 Å². The van der Waals surface area contributed by atoms with Crippen LogP contribution in [0.5, 0.6) is 0 Å². The fraction of sp³-hybridized carbons (Fsp3) is 0.875. The Balaban J connectivity index is 2.29. The van der Waals surface area contributed by atoms with Gasteiger partial charge in [0.1, 0.15) is 0 Å². The predicted octanol–water partition coefficient (Wildman–Crippen LogP) is 4.89. The lowest BCUT2D eigenvalue weighted by molar-refractivity contribution is 0.478. The highest BCUT2D eigenvalue weighted by Gasteiger charge is 2.17. The SMILES string of the molecule is CCCCCCCCCC(NCC)c1snnc1CC. The normalized spacial score (nSPS) is 12.8. The molecule has 0 aliphatic heterocycles. The number of hydrogen-bond donors (Lipinski definition) is 1. The molecule has 0 saturated carbocycles. The van der Waals surface area contributed by atoms with Gasteiger partial charge in [0, 0.05) is 6.04 Å². The van der Waals surface area contributed by atoms with Gasteiger partial charge < -0.3 is 5.32 Å². The average Bonchev–Trinajstić information content (AvgIpc) is 2.93. The molecule has 0 aromatic carbocycles. The van der Waals surface area contributed by atoms with E-state index in [2.05, 4.69) is 35.7 Å². The number of aryl methyl sites for hydroxylation is 1. The first-order valence-electron chi connectivity index (χ1n) is 8.37. The predicted molar refractivity (Wildman–Crippen MR) is 88.3 cm³/mol. The van der Waals surface area contributed by atoms with E-state index in [0.717, 1.165) is 13.0 Å². The minimum absolute atomic E-state index is 0.464. The van der Waals surface area contributed by atoms with Crippen LogP contribution in [0.3, 0.4) is 0 Å². The van der Waals surface area contributed by atoms with Crippen LogP contribution in [0.15, 0.2) is 0 Å².